The maximum absolute atomic E-state index is 12.1. The molecular formula is C14H14N4O3. The van der Waals surface area contributed by atoms with Gasteiger partial charge < -0.3 is 14.9 Å². The van der Waals surface area contributed by atoms with Gasteiger partial charge in [-0.15, -0.1) is 10.2 Å². The van der Waals surface area contributed by atoms with Gasteiger partial charge in [-0.25, -0.2) is 0 Å². The number of nitrogens with one attached hydrogen (secondary N) is 1. The van der Waals surface area contributed by atoms with Crippen LogP contribution in [0.2, 0.25) is 0 Å². The third kappa shape index (κ3) is 4.00. The number of anilines is 1. The van der Waals surface area contributed by atoms with Gasteiger partial charge in [0.1, 0.15) is 11.5 Å². The Morgan fingerprint density at radius 1 is 1.33 bits per heavy atom. The molecule has 0 aliphatic rings. The minimum atomic E-state index is -0.565. The van der Waals surface area contributed by atoms with Crippen molar-refractivity contribution in [3.05, 3.63) is 53.6 Å². The molecule has 0 saturated carbocycles. The van der Waals surface area contributed by atoms with Crippen molar-refractivity contribution in [2.24, 2.45) is 10.2 Å². The molecule has 0 spiro atoms. The van der Waals surface area contributed by atoms with Crippen LogP contribution < -0.4 is 5.32 Å². The summed E-state index contributed by atoms with van der Waals surface area (Å²) in [5, 5.41) is 23.3. The predicted molar refractivity (Wildman–Crippen MR) is 76.2 cm³/mol. The van der Waals surface area contributed by atoms with Gasteiger partial charge in [-0.2, -0.15) is 0 Å². The van der Waals surface area contributed by atoms with Crippen molar-refractivity contribution < 1.29 is 14.4 Å². The lowest BCUT2D eigenvalue weighted by molar-refractivity contribution is -0.113. The highest BCUT2D eigenvalue weighted by atomic mass is 16.5. The number of allylic oxidation sites excluding steroid dienone is 1. The number of aliphatic hydroxyl groups is 1. The highest BCUT2D eigenvalue weighted by molar-refractivity contribution is 6.03. The van der Waals surface area contributed by atoms with Crippen molar-refractivity contribution >= 4 is 17.4 Å². The van der Waals surface area contributed by atoms with E-state index in [2.05, 4.69) is 20.7 Å². The van der Waals surface area contributed by atoms with Crippen LogP contribution in [0.1, 0.15) is 12.7 Å². The van der Waals surface area contributed by atoms with Crippen LogP contribution in [-0.4, -0.2) is 16.2 Å². The first-order valence-electron chi connectivity index (χ1n) is 6.17. The van der Waals surface area contributed by atoms with Gasteiger partial charge in [0.05, 0.1) is 0 Å². The van der Waals surface area contributed by atoms with Crippen LogP contribution in [0.25, 0.3) is 0 Å². The molecule has 0 atom stereocenters. The average molecular weight is 286 g/mol. The zero-order chi connectivity index (χ0) is 15.2. The zero-order valence-electron chi connectivity index (χ0n) is 11.6. The molecule has 2 aromatic rings. The fourth-order valence-electron chi connectivity index (χ4n) is 1.50. The maximum Gasteiger partial charge on any atom is 0.279 e. The number of carbonyl (C=O) groups excluding carboxylic acids is 1. The molecule has 21 heavy (non-hydrogen) atoms. The number of aromatic nitrogens is 1. The Kier molecular flexibility index (Phi) is 4.45. The summed E-state index contributed by atoms with van der Waals surface area (Å²) < 4.78 is 4.83. The van der Waals surface area contributed by atoms with Crippen LogP contribution in [-0.2, 0) is 4.79 Å². The Hall–Kier alpha value is -2.96. The number of aryl methyl sites for hydroxylation is 1. The molecular weight excluding hydrogens is 272 g/mol. The van der Waals surface area contributed by atoms with Crippen LogP contribution in [0.15, 0.2) is 62.6 Å². The van der Waals surface area contributed by atoms with E-state index in [0.29, 0.717) is 11.4 Å². The molecule has 0 aliphatic carbocycles. The fourth-order valence-corrected chi connectivity index (χ4v) is 1.50. The first-order chi connectivity index (χ1) is 10.1. The number of amides is 1. The molecule has 108 valence electrons. The Balaban J connectivity index is 2.14. The lowest BCUT2D eigenvalue weighted by Crippen LogP contribution is -2.14. The van der Waals surface area contributed by atoms with Crippen molar-refractivity contribution in [2.75, 3.05) is 5.32 Å². The molecule has 7 heteroatoms. The predicted octanol–water partition coefficient (Wildman–Crippen LogP) is 3.49. The second-order valence-electron chi connectivity index (χ2n) is 4.25. The summed E-state index contributed by atoms with van der Waals surface area (Å²) in [6, 6.07) is 10.4. The Morgan fingerprint density at radius 2 is 2.05 bits per heavy atom. The summed E-state index contributed by atoms with van der Waals surface area (Å²) in [7, 11) is 0. The lowest BCUT2D eigenvalue weighted by atomic mass is 10.3. The summed E-state index contributed by atoms with van der Waals surface area (Å²) in [6.45, 7) is 3.06. The number of para-hydroxylation sites is 1. The van der Waals surface area contributed by atoms with Crippen molar-refractivity contribution in [3.8, 4) is 0 Å². The van der Waals surface area contributed by atoms with Gasteiger partial charge in [0, 0.05) is 11.8 Å². The summed E-state index contributed by atoms with van der Waals surface area (Å²) in [6.07, 6.45) is 0. The lowest BCUT2D eigenvalue weighted by Gasteiger charge is -2.04. The number of azo groups is 1. The molecule has 1 heterocycles. The molecule has 0 unspecified atom stereocenters. The Labute approximate surface area is 121 Å². The van der Waals surface area contributed by atoms with Crippen LogP contribution in [0, 0.1) is 6.92 Å². The van der Waals surface area contributed by atoms with Crippen LogP contribution in [0.4, 0.5) is 11.5 Å². The van der Waals surface area contributed by atoms with E-state index in [4.69, 9.17) is 4.52 Å². The topological polar surface area (TPSA) is 100 Å². The molecule has 1 aromatic heterocycles. The molecule has 0 fully saturated rings. The Morgan fingerprint density at radius 3 is 2.62 bits per heavy atom. The number of hydrogen-bond acceptors (Lipinski definition) is 6. The molecule has 0 aliphatic heterocycles. The van der Waals surface area contributed by atoms with Gasteiger partial charge in [-0.05, 0) is 26.0 Å². The van der Waals surface area contributed by atoms with Crippen LogP contribution in [0.3, 0.4) is 0 Å². The summed E-state index contributed by atoms with van der Waals surface area (Å²) in [4.78, 5) is 12.1. The summed E-state index contributed by atoms with van der Waals surface area (Å²) in [5.74, 6) is -0.0136. The largest absolute Gasteiger partial charge is 0.510 e. The standard InChI is InChI=1S/C14H14N4O3/c1-9-8-12(18-21-9)16-17-13(10(2)19)14(20)15-11-6-4-3-5-7-11/h3-8,19H,1-2H3,(H,15,20)/b13-10-,17-16?. The van der Waals surface area contributed by atoms with E-state index in [0.717, 1.165) is 0 Å². The second kappa shape index (κ2) is 6.47. The average Bonchev–Trinajstić information content (AvgIpc) is 2.85. The van der Waals surface area contributed by atoms with E-state index in [-0.39, 0.29) is 17.3 Å². The number of nitrogens with zero attached hydrogens (tertiary/aromatic N) is 3. The van der Waals surface area contributed by atoms with Gasteiger partial charge in [-0.3, -0.25) is 4.79 Å². The van der Waals surface area contributed by atoms with Crippen molar-refractivity contribution in [1.29, 1.82) is 0 Å². The quantitative estimate of drug-likeness (QED) is 0.510. The zero-order valence-corrected chi connectivity index (χ0v) is 11.6. The van der Waals surface area contributed by atoms with Gasteiger partial charge in [0.2, 0.25) is 5.82 Å². The molecule has 2 rings (SSSR count). The van der Waals surface area contributed by atoms with Crippen molar-refractivity contribution in [2.45, 2.75) is 13.8 Å². The fraction of sp³-hybridized carbons (Fsp3) is 0.143. The van der Waals surface area contributed by atoms with Crippen LogP contribution in [0.5, 0.6) is 0 Å². The van der Waals surface area contributed by atoms with Gasteiger partial charge in [0.15, 0.2) is 5.70 Å². The SMILES string of the molecule is C/C(O)=C(/N=Nc1cc(C)on1)C(=O)Nc1ccccc1. The van der Waals surface area contributed by atoms with Gasteiger partial charge in [-0.1, -0.05) is 23.4 Å². The van der Waals surface area contributed by atoms with E-state index in [1.807, 2.05) is 6.07 Å². The van der Waals surface area contributed by atoms with Crippen molar-refractivity contribution in [3.63, 3.8) is 0 Å². The molecule has 0 saturated heterocycles. The Bertz CT molecular complexity index is 685. The minimum absolute atomic E-state index is 0.195. The number of hydrogen-bond donors (Lipinski definition) is 2. The second-order valence-corrected chi connectivity index (χ2v) is 4.25. The molecule has 0 radical (unpaired) electrons. The van der Waals surface area contributed by atoms with E-state index in [9.17, 15) is 9.90 Å². The van der Waals surface area contributed by atoms with Crippen LogP contribution >= 0.6 is 0 Å². The first-order valence-corrected chi connectivity index (χ1v) is 6.17. The molecule has 1 aromatic carbocycles. The molecule has 2 N–H and O–H groups in total. The van der Waals surface area contributed by atoms with E-state index in [1.54, 1.807) is 37.3 Å². The molecule has 7 nitrogen and oxygen atoms in total. The molecule has 0 bridgehead atoms. The van der Waals surface area contributed by atoms with E-state index < -0.39 is 5.91 Å². The monoisotopic (exact) mass is 286 g/mol. The normalized spacial score (nSPS) is 12.3. The summed E-state index contributed by atoms with van der Waals surface area (Å²) in [5.41, 5.74) is 0.397. The highest BCUT2D eigenvalue weighted by Gasteiger charge is 2.13. The number of benzene rings is 1. The van der Waals surface area contributed by atoms with E-state index >= 15 is 0 Å². The molecule has 1 amide bonds. The summed E-state index contributed by atoms with van der Waals surface area (Å²) >= 11 is 0. The first kappa shape index (κ1) is 14.4. The maximum atomic E-state index is 12.1. The number of aliphatic hydroxyl groups excluding tert-OH is 1. The van der Waals surface area contributed by atoms with Gasteiger partial charge >= 0.3 is 0 Å². The number of rotatable bonds is 4. The van der Waals surface area contributed by atoms with Crippen molar-refractivity contribution in [1.82, 2.24) is 5.16 Å². The van der Waals surface area contributed by atoms with Gasteiger partial charge in [0.25, 0.3) is 5.91 Å². The highest BCUT2D eigenvalue weighted by Crippen LogP contribution is 2.16. The van der Waals surface area contributed by atoms with E-state index in [1.165, 1.54) is 6.92 Å². The smallest absolute Gasteiger partial charge is 0.279 e. The third-order valence-corrected chi connectivity index (χ3v) is 2.46. The number of carbonyl (C=O) groups is 1. The minimum Gasteiger partial charge on any atom is -0.510 e. The third-order valence-electron chi connectivity index (χ3n) is 2.46.